The van der Waals surface area contributed by atoms with Gasteiger partial charge in [-0.15, -0.1) is 21.5 Å². The summed E-state index contributed by atoms with van der Waals surface area (Å²) in [5.41, 5.74) is 3.09. The third kappa shape index (κ3) is 2.65. The van der Waals surface area contributed by atoms with E-state index in [-0.39, 0.29) is 5.91 Å². The number of hydrogen-bond acceptors (Lipinski definition) is 6. The number of aromatic nitrogens is 3. The maximum atomic E-state index is 11.5. The molecule has 0 atom stereocenters. The van der Waals surface area contributed by atoms with Crippen LogP contribution in [0.3, 0.4) is 0 Å². The van der Waals surface area contributed by atoms with E-state index in [4.69, 9.17) is 5.84 Å². The summed E-state index contributed by atoms with van der Waals surface area (Å²) in [7, 11) is 1.88. The molecule has 2 heterocycles. The molecule has 0 aromatic carbocycles. The van der Waals surface area contributed by atoms with Crippen LogP contribution in [0.1, 0.15) is 15.2 Å². The van der Waals surface area contributed by atoms with Crippen molar-refractivity contribution in [3.63, 3.8) is 0 Å². The predicted molar refractivity (Wildman–Crippen MR) is 66.5 cm³/mol. The van der Waals surface area contributed by atoms with Crippen LogP contribution in [0, 0.1) is 0 Å². The Labute approximate surface area is 106 Å². The molecule has 0 aliphatic heterocycles. The van der Waals surface area contributed by atoms with Crippen molar-refractivity contribution in [3.05, 3.63) is 28.2 Å². The first kappa shape index (κ1) is 12.1. The molecule has 0 aliphatic carbocycles. The highest BCUT2D eigenvalue weighted by atomic mass is 32.2. The number of nitrogen functional groups attached to an aromatic ring is 1. The quantitative estimate of drug-likeness (QED) is 0.370. The number of hydrogen-bond donors (Lipinski definition) is 2. The van der Waals surface area contributed by atoms with Gasteiger partial charge in [0.2, 0.25) is 0 Å². The largest absolute Gasteiger partial charge is 0.312 e. The van der Waals surface area contributed by atoms with Crippen molar-refractivity contribution in [2.45, 2.75) is 10.9 Å². The Kier molecular flexibility index (Phi) is 3.77. The van der Waals surface area contributed by atoms with E-state index in [2.05, 4.69) is 15.6 Å². The molecule has 0 aliphatic rings. The van der Waals surface area contributed by atoms with Crippen molar-refractivity contribution in [3.8, 4) is 0 Å². The summed E-state index contributed by atoms with van der Waals surface area (Å²) in [6.45, 7) is 0. The van der Waals surface area contributed by atoms with Crippen LogP contribution < -0.4 is 11.3 Å². The van der Waals surface area contributed by atoms with Crippen LogP contribution in [0.15, 0.2) is 22.9 Å². The lowest BCUT2D eigenvalue weighted by Gasteiger charge is -2.02. The SMILES string of the molecule is Cn1cnnc1SCc1ccsc1C(=O)NN. The van der Waals surface area contributed by atoms with Crippen LogP contribution >= 0.6 is 23.1 Å². The topological polar surface area (TPSA) is 85.8 Å². The fourth-order valence-electron chi connectivity index (χ4n) is 1.26. The van der Waals surface area contributed by atoms with Gasteiger partial charge in [0.05, 0.1) is 4.88 Å². The number of carbonyl (C=O) groups is 1. The molecule has 2 rings (SSSR count). The molecule has 0 bridgehead atoms. The highest BCUT2D eigenvalue weighted by Crippen LogP contribution is 2.25. The zero-order valence-corrected chi connectivity index (χ0v) is 10.7. The van der Waals surface area contributed by atoms with Gasteiger partial charge in [-0.25, -0.2) is 5.84 Å². The van der Waals surface area contributed by atoms with Gasteiger partial charge < -0.3 is 4.57 Å². The summed E-state index contributed by atoms with van der Waals surface area (Å²) in [5.74, 6) is 5.53. The van der Waals surface area contributed by atoms with Crippen LogP contribution in [0.25, 0.3) is 0 Å². The highest BCUT2D eigenvalue weighted by Gasteiger charge is 2.13. The fourth-order valence-corrected chi connectivity index (χ4v) is 3.06. The molecule has 17 heavy (non-hydrogen) atoms. The van der Waals surface area contributed by atoms with Crippen molar-refractivity contribution >= 4 is 29.0 Å². The molecule has 0 fully saturated rings. The van der Waals surface area contributed by atoms with Gasteiger partial charge in [0.15, 0.2) is 5.16 Å². The molecule has 0 saturated heterocycles. The van der Waals surface area contributed by atoms with E-state index in [1.165, 1.54) is 23.1 Å². The Balaban J connectivity index is 2.07. The summed E-state index contributed by atoms with van der Waals surface area (Å²) in [5, 5.41) is 10.4. The number of nitrogens with zero attached hydrogens (tertiary/aromatic N) is 3. The molecule has 1 amide bonds. The molecule has 0 radical (unpaired) electrons. The van der Waals surface area contributed by atoms with Crippen LogP contribution in [-0.4, -0.2) is 20.7 Å². The minimum Gasteiger partial charge on any atom is -0.312 e. The number of nitrogens with one attached hydrogen (secondary N) is 1. The number of hydrazine groups is 1. The lowest BCUT2D eigenvalue weighted by molar-refractivity contribution is 0.0957. The van der Waals surface area contributed by atoms with Crippen molar-refractivity contribution in [1.82, 2.24) is 20.2 Å². The standard InChI is InChI=1S/C9H11N5OS2/c1-14-5-11-13-9(14)17-4-6-2-3-16-7(6)8(15)12-10/h2-3,5H,4,10H2,1H3,(H,12,15). The van der Waals surface area contributed by atoms with Crippen molar-refractivity contribution < 1.29 is 4.79 Å². The highest BCUT2D eigenvalue weighted by molar-refractivity contribution is 7.98. The summed E-state index contributed by atoms with van der Waals surface area (Å²) >= 11 is 2.90. The number of nitrogens with two attached hydrogens (primary N) is 1. The van der Waals surface area contributed by atoms with Gasteiger partial charge in [0.1, 0.15) is 6.33 Å². The first-order chi connectivity index (χ1) is 8.22. The normalized spacial score (nSPS) is 10.5. The number of carbonyl (C=O) groups excluding carboxylic acids is 1. The zero-order chi connectivity index (χ0) is 12.3. The number of thiophene rings is 1. The van der Waals surface area contributed by atoms with Gasteiger partial charge >= 0.3 is 0 Å². The summed E-state index contributed by atoms with van der Waals surface area (Å²) in [4.78, 5) is 12.1. The van der Waals surface area contributed by atoms with E-state index >= 15 is 0 Å². The van der Waals surface area contributed by atoms with E-state index in [9.17, 15) is 4.79 Å². The van der Waals surface area contributed by atoms with Gasteiger partial charge in [-0.1, -0.05) is 11.8 Å². The monoisotopic (exact) mass is 269 g/mol. The van der Waals surface area contributed by atoms with Crippen LogP contribution in [0.2, 0.25) is 0 Å². The Morgan fingerprint density at radius 2 is 2.53 bits per heavy atom. The molecule has 6 nitrogen and oxygen atoms in total. The molecule has 8 heteroatoms. The Morgan fingerprint density at radius 1 is 1.71 bits per heavy atom. The maximum absolute atomic E-state index is 11.5. The molecular formula is C9H11N5OS2. The van der Waals surface area contributed by atoms with Crippen LogP contribution in [0.4, 0.5) is 0 Å². The average molecular weight is 269 g/mol. The minimum absolute atomic E-state index is 0.256. The van der Waals surface area contributed by atoms with Gasteiger partial charge in [-0.05, 0) is 17.0 Å². The van der Waals surface area contributed by atoms with Crippen molar-refractivity contribution in [1.29, 1.82) is 0 Å². The first-order valence-corrected chi connectivity index (χ1v) is 6.63. The lowest BCUT2D eigenvalue weighted by Crippen LogP contribution is -2.29. The van der Waals surface area contributed by atoms with E-state index in [0.29, 0.717) is 10.6 Å². The lowest BCUT2D eigenvalue weighted by atomic mass is 10.3. The fraction of sp³-hybridized carbons (Fsp3) is 0.222. The third-order valence-electron chi connectivity index (χ3n) is 2.11. The molecule has 2 aromatic rings. The van der Waals surface area contributed by atoms with Crippen molar-refractivity contribution in [2.75, 3.05) is 0 Å². The Bertz CT molecular complexity index is 521. The maximum Gasteiger partial charge on any atom is 0.275 e. The van der Waals surface area contributed by atoms with Gasteiger partial charge in [0, 0.05) is 12.8 Å². The van der Waals surface area contributed by atoms with Gasteiger partial charge in [0.25, 0.3) is 5.91 Å². The van der Waals surface area contributed by atoms with E-state index in [0.717, 1.165) is 10.7 Å². The van der Waals surface area contributed by atoms with E-state index in [1.807, 2.05) is 23.1 Å². The Hall–Kier alpha value is -1.38. The van der Waals surface area contributed by atoms with E-state index < -0.39 is 0 Å². The second kappa shape index (κ2) is 5.30. The minimum atomic E-state index is -0.256. The second-order valence-corrected chi connectivity index (χ2v) is 5.12. The molecule has 90 valence electrons. The van der Waals surface area contributed by atoms with E-state index in [1.54, 1.807) is 6.33 Å². The summed E-state index contributed by atoms with van der Waals surface area (Å²) in [6.07, 6.45) is 1.64. The average Bonchev–Trinajstić information content (AvgIpc) is 2.94. The molecule has 2 aromatic heterocycles. The number of rotatable bonds is 4. The second-order valence-electron chi connectivity index (χ2n) is 3.26. The Morgan fingerprint density at radius 3 is 3.18 bits per heavy atom. The summed E-state index contributed by atoms with van der Waals surface area (Å²) in [6, 6.07) is 1.92. The molecule has 0 unspecified atom stereocenters. The number of thioether (sulfide) groups is 1. The van der Waals surface area contributed by atoms with Crippen LogP contribution in [-0.2, 0) is 12.8 Å². The first-order valence-electron chi connectivity index (χ1n) is 4.76. The molecular weight excluding hydrogens is 258 g/mol. The number of aryl methyl sites for hydroxylation is 1. The summed E-state index contributed by atoms with van der Waals surface area (Å²) < 4.78 is 1.83. The molecule has 0 saturated carbocycles. The number of amides is 1. The van der Waals surface area contributed by atoms with Gasteiger partial charge in [-0.2, -0.15) is 0 Å². The smallest absolute Gasteiger partial charge is 0.275 e. The van der Waals surface area contributed by atoms with Gasteiger partial charge in [-0.3, -0.25) is 10.2 Å². The van der Waals surface area contributed by atoms with Crippen LogP contribution in [0.5, 0.6) is 0 Å². The predicted octanol–water partition coefficient (Wildman–Crippen LogP) is 0.772. The molecule has 0 spiro atoms. The zero-order valence-electron chi connectivity index (χ0n) is 9.08. The third-order valence-corrected chi connectivity index (χ3v) is 4.15. The van der Waals surface area contributed by atoms with Crippen molar-refractivity contribution in [2.24, 2.45) is 12.9 Å². The molecule has 3 N–H and O–H groups in total.